The minimum atomic E-state index is -0.0600. The number of hydrogen-bond acceptors (Lipinski definition) is 4. The molecule has 0 saturated heterocycles. The number of rotatable bonds is 9. The van der Waals surface area contributed by atoms with E-state index >= 15 is 0 Å². The van der Waals surface area contributed by atoms with Gasteiger partial charge in [0, 0.05) is 36.5 Å². The number of carbonyl (C=O) groups excluding carboxylic acids is 2. The first-order valence-corrected chi connectivity index (χ1v) is 10.0. The molecule has 5 heteroatoms. The zero-order chi connectivity index (χ0) is 21.5. The zero-order valence-corrected chi connectivity index (χ0v) is 17.7. The van der Waals surface area contributed by atoms with E-state index in [1.54, 1.807) is 18.0 Å². The fraction of sp³-hybridized carbons (Fsp3) is 0.280. The van der Waals surface area contributed by atoms with Crippen LogP contribution in [0.25, 0.3) is 11.0 Å². The standard InChI is InChI=1S/C25H27NO4/c1-18(7-6-13-27)12-14-29-23-9-5-4-8-21(23)17-26(3)25(28)20-10-11-24-22(16-20)15-19(2)30-24/h4-5,8-13,15-16H,6-7,14,17H2,1-3H3/b18-12+. The van der Waals surface area contributed by atoms with E-state index in [9.17, 15) is 9.59 Å². The quantitative estimate of drug-likeness (QED) is 0.357. The average molecular weight is 405 g/mol. The lowest BCUT2D eigenvalue weighted by molar-refractivity contribution is -0.107. The predicted molar refractivity (Wildman–Crippen MR) is 118 cm³/mol. The van der Waals surface area contributed by atoms with Gasteiger partial charge in [-0.1, -0.05) is 23.8 Å². The van der Waals surface area contributed by atoms with Gasteiger partial charge in [0.1, 0.15) is 30.0 Å². The summed E-state index contributed by atoms with van der Waals surface area (Å²) in [5, 5.41) is 0.923. The minimum Gasteiger partial charge on any atom is -0.489 e. The average Bonchev–Trinajstić information content (AvgIpc) is 3.12. The van der Waals surface area contributed by atoms with Crippen LogP contribution in [-0.2, 0) is 11.3 Å². The van der Waals surface area contributed by atoms with Gasteiger partial charge >= 0.3 is 0 Å². The molecular weight excluding hydrogens is 378 g/mol. The Hall–Kier alpha value is -3.34. The molecule has 5 nitrogen and oxygen atoms in total. The number of ether oxygens (including phenoxy) is 1. The van der Waals surface area contributed by atoms with Crippen molar-refractivity contribution in [1.82, 2.24) is 4.90 Å². The van der Waals surface area contributed by atoms with Crippen LogP contribution >= 0.6 is 0 Å². The highest BCUT2D eigenvalue weighted by atomic mass is 16.5. The Kier molecular flexibility index (Phi) is 7.07. The van der Waals surface area contributed by atoms with E-state index in [1.165, 1.54) is 0 Å². The number of para-hydroxylation sites is 1. The first kappa shape index (κ1) is 21.4. The van der Waals surface area contributed by atoms with Crippen LogP contribution in [0.3, 0.4) is 0 Å². The highest BCUT2D eigenvalue weighted by molar-refractivity contribution is 5.97. The summed E-state index contributed by atoms with van der Waals surface area (Å²) in [5.74, 6) is 1.51. The van der Waals surface area contributed by atoms with E-state index in [2.05, 4.69) is 0 Å². The van der Waals surface area contributed by atoms with Crippen molar-refractivity contribution in [3.05, 3.63) is 77.1 Å². The highest BCUT2D eigenvalue weighted by Crippen LogP contribution is 2.23. The molecule has 0 N–H and O–H groups in total. The van der Waals surface area contributed by atoms with Gasteiger partial charge in [0.15, 0.2) is 0 Å². The van der Waals surface area contributed by atoms with Crippen molar-refractivity contribution in [1.29, 1.82) is 0 Å². The first-order valence-electron chi connectivity index (χ1n) is 10.0. The Bertz CT molecular complexity index is 1060. The second-order valence-electron chi connectivity index (χ2n) is 7.45. The summed E-state index contributed by atoms with van der Waals surface area (Å²) in [7, 11) is 1.79. The summed E-state index contributed by atoms with van der Waals surface area (Å²) in [6, 6.07) is 15.1. The van der Waals surface area contributed by atoms with Crippen molar-refractivity contribution in [3.8, 4) is 5.75 Å². The van der Waals surface area contributed by atoms with Crippen molar-refractivity contribution >= 4 is 23.2 Å². The molecule has 0 atom stereocenters. The number of amides is 1. The summed E-state index contributed by atoms with van der Waals surface area (Å²) in [6.45, 7) is 4.74. The van der Waals surface area contributed by atoms with Crippen LogP contribution in [0, 0.1) is 6.92 Å². The van der Waals surface area contributed by atoms with Crippen molar-refractivity contribution in [3.63, 3.8) is 0 Å². The van der Waals surface area contributed by atoms with Crippen molar-refractivity contribution < 1.29 is 18.7 Å². The normalized spacial score (nSPS) is 11.5. The second-order valence-corrected chi connectivity index (χ2v) is 7.45. The maximum absolute atomic E-state index is 12.9. The summed E-state index contributed by atoms with van der Waals surface area (Å²) in [6.07, 6.45) is 4.17. The van der Waals surface area contributed by atoms with Crippen LogP contribution in [0.4, 0.5) is 0 Å². The van der Waals surface area contributed by atoms with E-state index in [0.29, 0.717) is 25.1 Å². The topological polar surface area (TPSA) is 59.8 Å². The van der Waals surface area contributed by atoms with Gasteiger partial charge in [-0.05, 0) is 56.7 Å². The third kappa shape index (κ3) is 5.38. The van der Waals surface area contributed by atoms with E-state index in [0.717, 1.165) is 46.3 Å². The fourth-order valence-electron chi connectivity index (χ4n) is 3.29. The highest BCUT2D eigenvalue weighted by Gasteiger charge is 2.15. The smallest absolute Gasteiger partial charge is 0.253 e. The number of fused-ring (bicyclic) bond motifs is 1. The van der Waals surface area contributed by atoms with Gasteiger partial charge in [-0.25, -0.2) is 0 Å². The molecule has 1 amide bonds. The third-order valence-electron chi connectivity index (χ3n) is 4.94. The predicted octanol–water partition coefficient (Wildman–Crippen LogP) is 5.32. The Morgan fingerprint density at radius 2 is 1.97 bits per heavy atom. The second kappa shape index (κ2) is 9.92. The van der Waals surface area contributed by atoms with Crippen LogP contribution in [0.5, 0.6) is 5.75 Å². The molecule has 0 saturated carbocycles. The van der Waals surface area contributed by atoms with Gasteiger partial charge in [0.2, 0.25) is 0 Å². The summed E-state index contributed by atoms with van der Waals surface area (Å²) >= 11 is 0. The summed E-state index contributed by atoms with van der Waals surface area (Å²) in [4.78, 5) is 25.1. The lowest BCUT2D eigenvalue weighted by atomic mass is 10.1. The van der Waals surface area contributed by atoms with E-state index < -0.39 is 0 Å². The van der Waals surface area contributed by atoms with E-state index in [1.807, 2.05) is 62.4 Å². The van der Waals surface area contributed by atoms with Gasteiger partial charge in [0.05, 0.1) is 0 Å². The first-order chi connectivity index (χ1) is 14.5. The number of benzene rings is 2. The van der Waals surface area contributed by atoms with Crippen LogP contribution in [0.15, 0.2) is 64.6 Å². The van der Waals surface area contributed by atoms with Gasteiger partial charge in [-0.2, -0.15) is 0 Å². The summed E-state index contributed by atoms with van der Waals surface area (Å²) < 4.78 is 11.5. The van der Waals surface area contributed by atoms with Gasteiger partial charge in [-0.15, -0.1) is 0 Å². The van der Waals surface area contributed by atoms with Gasteiger partial charge in [0.25, 0.3) is 5.91 Å². The largest absolute Gasteiger partial charge is 0.489 e. The lowest BCUT2D eigenvalue weighted by Gasteiger charge is -2.19. The maximum Gasteiger partial charge on any atom is 0.253 e. The molecule has 0 aliphatic rings. The number of allylic oxidation sites excluding steroid dienone is 1. The monoisotopic (exact) mass is 405 g/mol. The number of hydrogen-bond donors (Lipinski definition) is 0. The molecule has 156 valence electrons. The van der Waals surface area contributed by atoms with Crippen molar-refractivity contribution in [2.45, 2.75) is 33.2 Å². The minimum absolute atomic E-state index is 0.0600. The number of aldehydes is 1. The Morgan fingerprint density at radius 1 is 1.17 bits per heavy atom. The third-order valence-corrected chi connectivity index (χ3v) is 4.94. The Morgan fingerprint density at radius 3 is 2.77 bits per heavy atom. The molecule has 30 heavy (non-hydrogen) atoms. The SMILES string of the molecule is C/C(=C\COc1ccccc1CN(C)C(=O)c1ccc2oc(C)cc2c1)CCC=O. The van der Waals surface area contributed by atoms with Crippen LogP contribution < -0.4 is 4.74 Å². The maximum atomic E-state index is 12.9. The number of carbonyl (C=O) groups is 2. The zero-order valence-electron chi connectivity index (χ0n) is 17.7. The molecule has 0 fully saturated rings. The van der Waals surface area contributed by atoms with Crippen LogP contribution in [0.1, 0.15) is 41.4 Å². The molecule has 3 aromatic rings. The molecule has 0 unspecified atom stereocenters. The fourth-order valence-corrected chi connectivity index (χ4v) is 3.29. The number of furan rings is 1. The lowest BCUT2D eigenvalue weighted by Crippen LogP contribution is -2.26. The molecule has 1 heterocycles. The van der Waals surface area contributed by atoms with E-state index in [-0.39, 0.29) is 5.91 Å². The van der Waals surface area contributed by atoms with Crippen molar-refractivity contribution in [2.24, 2.45) is 0 Å². The van der Waals surface area contributed by atoms with Crippen LogP contribution in [0.2, 0.25) is 0 Å². The molecule has 0 spiro atoms. The Labute approximate surface area is 176 Å². The Balaban J connectivity index is 1.67. The van der Waals surface area contributed by atoms with Crippen molar-refractivity contribution in [2.75, 3.05) is 13.7 Å². The molecule has 0 aliphatic heterocycles. The van der Waals surface area contributed by atoms with Crippen LogP contribution in [-0.4, -0.2) is 30.7 Å². The molecule has 3 rings (SSSR count). The molecule has 0 aliphatic carbocycles. The molecule has 1 aromatic heterocycles. The van der Waals surface area contributed by atoms with E-state index in [4.69, 9.17) is 9.15 Å². The van der Waals surface area contributed by atoms with Gasteiger partial charge in [-0.3, -0.25) is 4.79 Å². The summed E-state index contributed by atoms with van der Waals surface area (Å²) in [5.41, 5.74) is 3.46. The molecule has 0 bridgehead atoms. The number of aryl methyl sites for hydroxylation is 1. The van der Waals surface area contributed by atoms with Gasteiger partial charge < -0.3 is 18.8 Å². The molecule has 2 aromatic carbocycles. The molecule has 0 radical (unpaired) electrons. The number of nitrogens with zero attached hydrogens (tertiary/aromatic N) is 1. The molecular formula is C25H27NO4.